The van der Waals surface area contributed by atoms with Crippen LogP contribution in [0.2, 0.25) is 0 Å². The summed E-state index contributed by atoms with van der Waals surface area (Å²) in [7, 11) is 0. The van der Waals surface area contributed by atoms with E-state index in [9.17, 15) is 25.2 Å². The van der Waals surface area contributed by atoms with Crippen molar-refractivity contribution in [3.8, 4) is 11.5 Å². The van der Waals surface area contributed by atoms with Crippen LogP contribution in [0.25, 0.3) is 0 Å². The summed E-state index contributed by atoms with van der Waals surface area (Å²) in [4.78, 5) is 11.9. The zero-order chi connectivity index (χ0) is 13.8. The maximum atomic E-state index is 11.9. The van der Waals surface area contributed by atoms with Gasteiger partial charge in [-0.25, -0.2) is 0 Å². The smallest absolute Gasteiger partial charge is 0.259 e. The Labute approximate surface area is 105 Å². The van der Waals surface area contributed by atoms with Crippen LogP contribution in [0.4, 0.5) is 0 Å². The second kappa shape index (κ2) is 5.70. The summed E-state index contributed by atoms with van der Waals surface area (Å²) in [6.07, 6.45) is 0.306. The molecule has 18 heavy (non-hydrogen) atoms. The van der Waals surface area contributed by atoms with Crippen molar-refractivity contribution < 1.29 is 25.2 Å². The van der Waals surface area contributed by atoms with Crippen LogP contribution in [0.15, 0.2) is 18.2 Å². The number of hydrogen-bond acceptors (Lipinski definition) is 5. The van der Waals surface area contributed by atoms with Gasteiger partial charge in [0.05, 0.1) is 18.8 Å². The van der Waals surface area contributed by atoms with E-state index in [2.05, 4.69) is 5.32 Å². The van der Waals surface area contributed by atoms with Gasteiger partial charge in [0.15, 0.2) is 0 Å². The number of nitrogens with one attached hydrogen (secondary N) is 1. The molecule has 0 unspecified atom stereocenters. The van der Waals surface area contributed by atoms with E-state index in [0.29, 0.717) is 6.42 Å². The Hall–Kier alpha value is -1.79. The molecule has 0 bridgehead atoms. The topological polar surface area (TPSA) is 110 Å². The van der Waals surface area contributed by atoms with Crippen LogP contribution in [0.5, 0.6) is 11.5 Å². The maximum absolute atomic E-state index is 11.9. The van der Waals surface area contributed by atoms with E-state index in [1.807, 2.05) is 0 Å². The van der Waals surface area contributed by atoms with E-state index < -0.39 is 24.7 Å². The van der Waals surface area contributed by atoms with Gasteiger partial charge in [-0.1, -0.05) is 13.0 Å². The van der Waals surface area contributed by atoms with E-state index >= 15 is 0 Å². The number of amides is 1. The molecule has 5 N–H and O–H groups in total. The first-order chi connectivity index (χ1) is 8.49. The Morgan fingerprint density at radius 2 is 1.72 bits per heavy atom. The summed E-state index contributed by atoms with van der Waals surface area (Å²) in [6, 6.07) is 3.92. The van der Waals surface area contributed by atoms with Crippen molar-refractivity contribution in [2.24, 2.45) is 0 Å². The lowest BCUT2D eigenvalue weighted by molar-refractivity contribution is 0.0648. The van der Waals surface area contributed by atoms with Crippen molar-refractivity contribution >= 4 is 5.91 Å². The highest BCUT2D eigenvalue weighted by Crippen LogP contribution is 2.26. The zero-order valence-electron chi connectivity index (χ0n) is 10.1. The molecule has 0 fully saturated rings. The Bertz CT molecular complexity index is 400. The fourth-order valence-electron chi connectivity index (χ4n) is 1.51. The summed E-state index contributed by atoms with van der Waals surface area (Å²) in [6.45, 7) is 0.803. The molecular weight excluding hydrogens is 238 g/mol. The average molecular weight is 255 g/mol. The van der Waals surface area contributed by atoms with E-state index in [4.69, 9.17) is 0 Å². The Kier molecular flexibility index (Phi) is 4.52. The second-order valence-electron chi connectivity index (χ2n) is 4.08. The largest absolute Gasteiger partial charge is 0.507 e. The van der Waals surface area contributed by atoms with Crippen LogP contribution in [0, 0.1) is 0 Å². The molecule has 0 heterocycles. The predicted octanol–water partition coefficient (Wildman–Crippen LogP) is -0.0390. The first kappa shape index (κ1) is 14.3. The van der Waals surface area contributed by atoms with Crippen molar-refractivity contribution in [1.29, 1.82) is 0 Å². The van der Waals surface area contributed by atoms with Gasteiger partial charge < -0.3 is 25.7 Å². The van der Waals surface area contributed by atoms with Crippen molar-refractivity contribution in [3.05, 3.63) is 23.8 Å². The highest BCUT2D eigenvalue weighted by atomic mass is 16.3. The summed E-state index contributed by atoms with van der Waals surface area (Å²) in [5, 5.41) is 39.9. The normalized spacial score (nSPS) is 11.3. The average Bonchev–Trinajstić information content (AvgIpc) is 2.36. The first-order valence-electron chi connectivity index (χ1n) is 5.55. The molecule has 0 saturated carbocycles. The molecule has 0 atom stereocenters. The van der Waals surface area contributed by atoms with Gasteiger partial charge in [-0.3, -0.25) is 4.79 Å². The van der Waals surface area contributed by atoms with E-state index in [1.165, 1.54) is 18.2 Å². The minimum Gasteiger partial charge on any atom is -0.507 e. The van der Waals surface area contributed by atoms with Crippen LogP contribution in [0.3, 0.4) is 0 Å². The summed E-state index contributed by atoms with van der Waals surface area (Å²) >= 11 is 0. The molecule has 0 spiro atoms. The third kappa shape index (κ3) is 2.72. The Morgan fingerprint density at radius 1 is 1.22 bits per heavy atom. The predicted molar refractivity (Wildman–Crippen MR) is 64.4 cm³/mol. The molecule has 1 aromatic rings. The Morgan fingerprint density at radius 3 is 2.11 bits per heavy atom. The SMILES string of the molecule is CCC(CO)(CO)NC(=O)c1c(O)cccc1O. The number of carbonyl (C=O) groups is 1. The second-order valence-corrected chi connectivity index (χ2v) is 4.08. The molecule has 0 aliphatic rings. The van der Waals surface area contributed by atoms with Gasteiger partial charge >= 0.3 is 0 Å². The van der Waals surface area contributed by atoms with Crippen molar-refractivity contribution in [2.75, 3.05) is 13.2 Å². The number of aliphatic hydroxyl groups is 2. The fraction of sp³-hybridized carbons (Fsp3) is 0.417. The van der Waals surface area contributed by atoms with Crippen molar-refractivity contribution in [2.45, 2.75) is 18.9 Å². The number of aliphatic hydroxyl groups excluding tert-OH is 2. The monoisotopic (exact) mass is 255 g/mol. The maximum Gasteiger partial charge on any atom is 0.259 e. The van der Waals surface area contributed by atoms with Crippen LogP contribution in [-0.2, 0) is 0 Å². The lowest BCUT2D eigenvalue weighted by atomic mass is 9.97. The van der Waals surface area contributed by atoms with Crippen molar-refractivity contribution in [1.82, 2.24) is 5.32 Å². The molecule has 0 saturated heterocycles. The quantitative estimate of drug-likeness (QED) is 0.507. The van der Waals surface area contributed by atoms with Crippen molar-refractivity contribution in [3.63, 3.8) is 0 Å². The third-order valence-corrected chi connectivity index (χ3v) is 2.91. The van der Waals surface area contributed by atoms with Crippen LogP contribution in [-0.4, -0.2) is 45.1 Å². The lowest BCUT2D eigenvalue weighted by Crippen LogP contribution is -2.53. The molecule has 0 aliphatic carbocycles. The van der Waals surface area contributed by atoms with Gasteiger partial charge in [0.2, 0.25) is 0 Å². The van der Waals surface area contributed by atoms with Crippen LogP contribution < -0.4 is 5.32 Å². The number of aromatic hydroxyl groups is 2. The van der Waals surface area contributed by atoms with E-state index in [-0.39, 0.29) is 17.1 Å². The van der Waals surface area contributed by atoms with E-state index in [1.54, 1.807) is 6.92 Å². The molecule has 1 amide bonds. The number of phenolic OH excluding ortho intramolecular Hbond substituents is 2. The fourth-order valence-corrected chi connectivity index (χ4v) is 1.51. The number of rotatable bonds is 5. The van der Waals surface area contributed by atoms with E-state index in [0.717, 1.165) is 0 Å². The van der Waals surface area contributed by atoms with Crippen LogP contribution in [0.1, 0.15) is 23.7 Å². The van der Waals surface area contributed by atoms with Crippen LogP contribution >= 0.6 is 0 Å². The molecular formula is C12H17NO5. The van der Waals surface area contributed by atoms with Gasteiger partial charge in [0.25, 0.3) is 5.91 Å². The minimum absolute atomic E-state index is 0.280. The highest BCUT2D eigenvalue weighted by molar-refractivity contribution is 5.99. The summed E-state index contributed by atoms with van der Waals surface area (Å²) in [5.41, 5.74) is -1.46. The van der Waals surface area contributed by atoms with Gasteiger partial charge in [-0.15, -0.1) is 0 Å². The summed E-state index contributed by atoms with van der Waals surface area (Å²) < 4.78 is 0. The molecule has 100 valence electrons. The first-order valence-corrected chi connectivity index (χ1v) is 5.55. The zero-order valence-corrected chi connectivity index (χ0v) is 10.1. The van der Waals surface area contributed by atoms with Gasteiger partial charge in [-0.2, -0.15) is 0 Å². The lowest BCUT2D eigenvalue weighted by Gasteiger charge is -2.29. The Balaban J connectivity index is 3.02. The molecule has 6 heteroatoms. The molecule has 0 aromatic heterocycles. The van der Waals surface area contributed by atoms with Gasteiger partial charge in [0.1, 0.15) is 17.1 Å². The number of hydrogen-bond donors (Lipinski definition) is 5. The van der Waals surface area contributed by atoms with Gasteiger partial charge in [0, 0.05) is 0 Å². The molecule has 0 radical (unpaired) electrons. The van der Waals surface area contributed by atoms with Gasteiger partial charge in [-0.05, 0) is 18.6 Å². The molecule has 1 aromatic carbocycles. The molecule has 0 aliphatic heterocycles. The number of carbonyl (C=O) groups excluding carboxylic acids is 1. The number of phenols is 2. The third-order valence-electron chi connectivity index (χ3n) is 2.91. The highest BCUT2D eigenvalue weighted by Gasteiger charge is 2.30. The number of benzene rings is 1. The molecule has 6 nitrogen and oxygen atoms in total. The standard InChI is InChI=1S/C12H17NO5/c1-2-12(6-14,7-15)13-11(18)10-8(16)4-3-5-9(10)17/h3-5,14-17H,2,6-7H2,1H3,(H,13,18). The summed E-state index contributed by atoms with van der Waals surface area (Å²) in [5.74, 6) is -1.49. The molecule has 1 rings (SSSR count). The minimum atomic E-state index is -1.17.